The zero-order valence-electron chi connectivity index (χ0n) is 18.2. The lowest BCUT2D eigenvalue weighted by Gasteiger charge is -2.30. The van der Waals surface area contributed by atoms with E-state index in [0.717, 1.165) is 63.5 Å². The van der Waals surface area contributed by atoms with Gasteiger partial charge in [0.05, 0.1) is 26.4 Å². The third-order valence-electron chi connectivity index (χ3n) is 6.22. The number of hydrogen-bond donors (Lipinski definition) is 0. The van der Waals surface area contributed by atoms with Crippen LogP contribution in [0.2, 0.25) is 0 Å². The Morgan fingerprint density at radius 3 is 2.03 bits per heavy atom. The van der Waals surface area contributed by atoms with E-state index in [0.29, 0.717) is 50.3 Å². The predicted molar refractivity (Wildman–Crippen MR) is 118 cm³/mol. The van der Waals surface area contributed by atoms with Crippen molar-refractivity contribution in [3.63, 3.8) is 0 Å². The summed E-state index contributed by atoms with van der Waals surface area (Å²) in [6.07, 6.45) is 10.2. The van der Waals surface area contributed by atoms with Gasteiger partial charge in [-0.05, 0) is 32.1 Å². The molecule has 1 aromatic rings. The van der Waals surface area contributed by atoms with Crippen LogP contribution in [0.3, 0.4) is 0 Å². The van der Waals surface area contributed by atoms with Crippen LogP contribution in [0.15, 0.2) is 11.1 Å². The number of anilines is 2. The number of nitrogens with zero attached hydrogens (tertiary/aromatic N) is 6. The van der Waals surface area contributed by atoms with E-state index in [4.69, 9.17) is 34.2 Å². The minimum Gasteiger partial charge on any atom is -0.477 e. The van der Waals surface area contributed by atoms with E-state index < -0.39 is 0 Å². The molecule has 1 aromatic heterocycles. The van der Waals surface area contributed by atoms with Crippen molar-refractivity contribution in [2.75, 3.05) is 62.4 Å². The highest BCUT2D eigenvalue weighted by Gasteiger charge is 2.24. The maximum absolute atomic E-state index is 6.26. The molecule has 0 amide bonds. The van der Waals surface area contributed by atoms with Gasteiger partial charge in [-0.15, -0.1) is 0 Å². The number of aliphatic imine (C=N–C) groups is 1. The Morgan fingerprint density at radius 1 is 0.806 bits per heavy atom. The van der Waals surface area contributed by atoms with Crippen molar-refractivity contribution in [2.24, 2.45) is 4.99 Å². The Labute approximate surface area is 183 Å². The van der Waals surface area contributed by atoms with Crippen LogP contribution in [0.25, 0.3) is 5.70 Å². The fourth-order valence-corrected chi connectivity index (χ4v) is 4.45. The first-order chi connectivity index (χ1) is 15.3. The van der Waals surface area contributed by atoms with Gasteiger partial charge in [-0.1, -0.05) is 12.5 Å². The molecule has 1 saturated carbocycles. The fourth-order valence-electron chi connectivity index (χ4n) is 4.45. The summed E-state index contributed by atoms with van der Waals surface area (Å²) in [5, 5.41) is 0. The Balaban J connectivity index is 1.41. The van der Waals surface area contributed by atoms with Gasteiger partial charge in [0.1, 0.15) is 11.8 Å². The first kappa shape index (κ1) is 20.6. The minimum atomic E-state index is 0.304. The van der Waals surface area contributed by atoms with Crippen LogP contribution in [0.5, 0.6) is 0 Å². The molecule has 31 heavy (non-hydrogen) atoms. The van der Waals surface area contributed by atoms with Gasteiger partial charge < -0.3 is 24.0 Å². The number of morpholine rings is 2. The van der Waals surface area contributed by atoms with Crippen molar-refractivity contribution in [1.82, 2.24) is 15.0 Å². The van der Waals surface area contributed by atoms with Gasteiger partial charge in [0, 0.05) is 32.6 Å². The largest absolute Gasteiger partial charge is 0.477 e. The van der Waals surface area contributed by atoms with Crippen LogP contribution in [-0.2, 0) is 14.2 Å². The van der Waals surface area contributed by atoms with E-state index >= 15 is 0 Å². The average Bonchev–Trinajstić information content (AvgIpc) is 2.86. The first-order valence-electron chi connectivity index (χ1n) is 11.7. The molecule has 0 radical (unpaired) electrons. The SMILES string of the molecule is C1=C(c2nc(N3CCOCC3)nc(N3CCOCC3)n2)N=C(OC2CCCCC2)CC1. The zero-order chi connectivity index (χ0) is 20.9. The first-order valence-corrected chi connectivity index (χ1v) is 11.7. The van der Waals surface area contributed by atoms with Crippen molar-refractivity contribution >= 4 is 23.5 Å². The second-order valence-corrected chi connectivity index (χ2v) is 8.47. The van der Waals surface area contributed by atoms with E-state index in [1.54, 1.807) is 0 Å². The summed E-state index contributed by atoms with van der Waals surface area (Å²) < 4.78 is 17.3. The molecule has 9 heteroatoms. The Bertz CT molecular complexity index is 775. The predicted octanol–water partition coefficient (Wildman–Crippen LogP) is 2.43. The van der Waals surface area contributed by atoms with Crippen LogP contribution in [0, 0.1) is 0 Å². The maximum atomic E-state index is 6.26. The third kappa shape index (κ3) is 5.15. The van der Waals surface area contributed by atoms with Gasteiger partial charge in [-0.3, -0.25) is 0 Å². The number of aromatic nitrogens is 3. The lowest BCUT2D eigenvalue weighted by molar-refractivity contribution is 0.121. The van der Waals surface area contributed by atoms with E-state index in [1.165, 1.54) is 19.3 Å². The van der Waals surface area contributed by atoms with Crippen molar-refractivity contribution in [3.8, 4) is 0 Å². The number of ether oxygens (including phenoxy) is 3. The maximum Gasteiger partial charge on any atom is 0.230 e. The Hall–Kier alpha value is -2.26. The fraction of sp³-hybridized carbons (Fsp3) is 0.727. The molecule has 0 unspecified atom stereocenters. The standard InChI is InChI=1S/C22H32N6O3/c1-2-5-17(6-3-1)31-19-8-4-7-18(23-19)20-24-21(27-9-13-29-14-10-27)26-22(25-20)28-11-15-30-16-12-28/h7,17H,1-6,8-16H2. The van der Waals surface area contributed by atoms with Gasteiger partial charge in [-0.25, -0.2) is 4.99 Å². The number of rotatable bonds is 4. The van der Waals surface area contributed by atoms with Crippen LogP contribution in [0.4, 0.5) is 11.9 Å². The van der Waals surface area contributed by atoms with Crippen molar-refractivity contribution < 1.29 is 14.2 Å². The van der Waals surface area contributed by atoms with E-state index in [9.17, 15) is 0 Å². The topological polar surface area (TPSA) is 85.2 Å². The molecule has 3 fully saturated rings. The highest BCUT2D eigenvalue weighted by atomic mass is 16.5. The summed E-state index contributed by atoms with van der Waals surface area (Å²) in [4.78, 5) is 23.6. The highest BCUT2D eigenvalue weighted by molar-refractivity contribution is 5.85. The van der Waals surface area contributed by atoms with Crippen molar-refractivity contribution in [1.29, 1.82) is 0 Å². The smallest absolute Gasteiger partial charge is 0.230 e. The number of allylic oxidation sites excluding steroid dienone is 1. The van der Waals surface area contributed by atoms with Gasteiger partial charge in [-0.2, -0.15) is 15.0 Å². The van der Waals surface area contributed by atoms with Gasteiger partial charge in [0.15, 0.2) is 11.7 Å². The summed E-state index contributed by atoms with van der Waals surface area (Å²) in [5.74, 6) is 2.85. The molecule has 168 valence electrons. The van der Waals surface area contributed by atoms with Gasteiger partial charge in [0.2, 0.25) is 11.9 Å². The van der Waals surface area contributed by atoms with E-state index in [2.05, 4.69) is 15.9 Å². The Kier molecular flexibility index (Phi) is 6.60. The van der Waals surface area contributed by atoms with Crippen molar-refractivity contribution in [3.05, 3.63) is 11.9 Å². The lowest BCUT2D eigenvalue weighted by atomic mass is 9.98. The van der Waals surface area contributed by atoms with Gasteiger partial charge in [0.25, 0.3) is 0 Å². The molecular formula is C22H32N6O3. The molecule has 4 aliphatic rings. The van der Waals surface area contributed by atoms with Crippen molar-refractivity contribution in [2.45, 2.75) is 51.0 Å². The molecule has 0 bridgehead atoms. The molecule has 1 aliphatic carbocycles. The molecule has 0 spiro atoms. The Morgan fingerprint density at radius 2 is 1.42 bits per heavy atom. The summed E-state index contributed by atoms with van der Waals surface area (Å²) >= 11 is 0. The summed E-state index contributed by atoms with van der Waals surface area (Å²) in [6, 6.07) is 0. The molecule has 2 saturated heterocycles. The second kappa shape index (κ2) is 9.91. The van der Waals surface area contributed by atoms with Crippen LogP contribution in [0.1, 0.15) is 50.8 Å². The van der Waals surface area contributed by atoms with Gasteiger partial charge >= 0.3 is 0 Å². The highest BCUT2D eigenvalue weighted by Crippen LogP contribution is 2.26. The summed E-state index contributed by atoms with van der Waals surface area (Å²) in [6.45, 7) is 5.88. The zero-order valence-corrected chi connectivity index (χ0v) is 18.2. The number of hydrogen-bond acceptors (Lipinski definition) is 9. The molecule has 5 rings (SSSR count). The van der Waals surface area contributed by atoms with Crippen LogP contribution >= 0.6 is 0 Å². The molecule has 0 atom stereocenters. The molecular weight excluding hydrogens is 396 g/mol. The molecule has 9 nitrogen and oxygen atoms in total. The van der Waals surface area contributed by atoms with Crippen LogP contribution in [-0.4, -0.2) is 79.6 Å². The quantitative estimate of drug-likeness (QED) is 0.723. The molecule has 0 aromatic carbocycles. The summed E-state index contributed by atoms with van der Waals surface area (Å²) in [7, 11) is 0. The normalized spacial score (nSPS) is 23.4. The molecule has 3 aliphatic heterocycles. The lowest BCUT2D eigenvalue weighted by Crippen LogP contribution is -2.40. The van der Waals surface area contributed by atoms with E-state index in [-0.39, 0.29) is 0 Å². The molecule has 0 N–H and O–H groups in total. The molecule has 4 heterocycles. The van der Waals surface area contributed by atoms with E-state index in [1.807, 2.05) is 0 Å². The average molecular weight is 429 g/mol. The second-order valence-electron chi connectivity index (χ2n) is 8.47. The van der Waals surface area contributed by atoms with Crippen LogP contribution < -0.4 is 9.80 Å². The summed E-state index contributed by atoms with van der Waals surface area (Å²) in [5.41, 5.74) is 0.795. The monoisotopic (exact) mass is 428 g/mol. The third-order valence-corrected chi connectivity index (χ3v) is 6.22. The minimum absolute atomic E-state index is 0.304.